The number of imidazole rings is 1. The molecule has 6 nitrogen and oxygen atoms in total. The molecule has 1 aromatic carbocycles. The molecule has 0 aliphatic heterocycles. The minimum Gasteiger partial charge on any atom is -0.369 e. The fraction of sp³-hybridized carbons (Fsp3) is 0.182. The summed E-state index contributed by atoms with van der Waals surface area (Å²) in [5.74, 6) is -0.890. The Bertz CT molecular complexity index is 722. The van der Waals surface area contributed by atoms with Crippen LogP contribution in [0.2, 0.25) is 0 Å². The predicted molar refractivity (Wildman–Crippen MR) is 62.1 cm³/mol. The molecule has 0 aliphatic rings. The van der Waals surface area contributed by atoms with E-state index in [9.17, 15) is 8.78 Å². The van der Waals surface area contributed by atoms with Gasteiger partial charge in [-0.2, -0.15) is 4.98 Å². The number of halogens is 2. The number of nitrogen functional groups attached to an aromatic ring is 1. The van der Waals surface area contributed by atoms with Crippen LogP contribution in [0.3, 0.4) is 0 Å². The third-order valence-electron chi connectivity index (χ3n) is 2.76. The molecule has 2 N–H and O–H groups in total. The summed E-state index contributed by atoms with van der Waals surface area (Å²) in [5, 5.41) is 3.47. The minimum atomic E-state index is -0.738. The molecular formula is C11H9F2N5O. The van der Waals surface area contributed by atoms with Crippen LogP contribution < -0.4 is 5.73 Å². The molecule has 0 saturated heterocycles. The highest BCUT2D eigenvalue weighted by molar-refractivity contribution is 5.79. The van der Waals surface area contributed by atoms with Gasteiger partial charge in [0.2, 0.25) is 11.8 Å². The molecule has 3 rings (SSSR count). The standard InChI is InChI=1S/C11H9F2N5O/c12-6-3-7(13)10-8(4-6)18(11(14)17-10)2-1-9-15-5-16-19-9/h3-5H,1-2H2,(H2,14,17). The van der Waals surface area contributed by atoms with Crippen molar-refractivity contribution >= 4 is 17.0 Å². The summed E-state index contributed by atoms with van der Waals surface area (Å²) in [6.07, 6.45) is 1.68. The molecule has 2 heterocycles. The van der Waals surface area contributed by atoms with Crippen LogP contribution in [0.4, 0.5) is 14.7 Å². The van der Waals surface area contributed by atoms with E-state index in [-0.39, 0.29) is 11.5 Å². The lowest BCUT2D eigenvalue weighted by atomic mass is 10.3. The number of nitrogens with zero attached hydrogens (tertiary/aromatic N) is 4. The van der Waals surface area contributed by atoms with Crippen molar-refractivity contribution < 1.29 is 13.3 Å². The summed E-state index contributed by atoms with van der Waals surface area (Å²) < 4.78 is 33.1. The molecule has 0 spiro atoms. The van der Waals surface area contributed by atoms with Crippen LogP contribution >= 0.6 is 0 Å². The normalized spacial score (nSPS) is 11.3. The van der Waals surface area contributed by atoms with Gasteiger partial charge in [-0.15, -0.1) is 0 Å². The number of hydrogen-bond donors (Lipinski definition) is 1. The first-order valence-electron chi connectivity index (χ1n) is 5.51. The van der Waals surface area contributed by atoms with Gasteiger partial charge in [-0.05, 0) is 0 Å². The van der Waals surface area contributed by atoms with E-state index in [1.807, 2.05) is 0 Å². The number of hydrogen-bond acceptors (Lipinski definition) is 5. The number of aryl methyl sites for hydroxylation is 2. The second kappa shape index (κ2) is 4.30. The van der Waals surface area contributed by atoms with Crippen LogP contribution in [0.5, 0.6) is 0 Å². The number of rotatable bonds is 3. The van der Waals surface area contributed by atoms with E-state index in [0.717, 1.165) is 6.07 Å². The molecular weight excluding hydrogens is 256 g/mol. The van der Waals surface area contributed by atoms with Crippen molar-refractivity contribution in [3.63, 3.8) is 0 Å². The number of nitrogens with two attached hydrogens (primary N) is 1. The van der Waals surface area contributed by atoms with E-state index in [0.29, 0.717) is 24.4 Å². The van der Waals surface area contributed by atoms with Crippen molar-refractivity contribution in [3.05, 3.63) is 36.0 Å². The molecule has 0 bridgehead atoms. The Kier molecular flexibility index (Phi) is 2.62. The molecule has 98 valence electrons. The molecule has 0 saturated carbocycles. The van der Waals surface area contributed by atoms with Crippen LogP contribution in [0.1, 0.15) is 5.89 Å². The van der Waals surface area contributed by atoms with Gasteiger partial charge in [-0.1, -0.05) is 5.16 Å². The molecule has 8 heteroatoms. The lowest BCUT2D eigenvalue weighted by Gasteiger charge is -2.04. The summed E-state index contributed by atoms with van der Waals surface area (Å²) in [7, 11) is 0. The van der Waals surface area contributed by atoms with Crippen molar-refractivity contribution in [3.8, 4) is 0 Å². The van der Waals surface area contributed by atoms with Crippen LogP contribution in [-0.4, -0.2) is 19.7 Å². The van der Waals surface area contributed by atoms with E-state index in [2.05, 4.69) is 15.1 Å². The SMILES string of the molecule is Nc1nc2c(F)cc(F)cc2n1CCc1ncno1. The quantitative estimate of drug-likeness (QED) is 0.776. The maximum atomic E-state index is 13.5. The second-order valence-corrected chi connectivity index (χ2v) is 3.96. The average Bonchev–Trinajstić information content (AvgIpc) is 2.95. The summed E-state index contributed by atoms with van der Waals surface area (Å²) in [5.41, 5.74) is 6.05. The van der Waals surface area contributed by atoms with Crippen LogP contribution in [0, 0.1) is 11.6 Å². The molecule has 0 atom stereocenters. The first kappa shape index (κ1) is 11.6. The molecule has 0 aliphatic carbocycles. The van der Waals surface area contributed by atoms with Gasteiger partial charge in [-0.3, -0.25) is 0 Å². The summed E-state index contributed by atoms with van der Waals surface area (Å²) in [6.45, 7) is 0.341. The van der Waals surface area contributed by atoms with Gasteiger partial charge in [0.25, 0.3) is 0 Å². The monoisotopic (exact) mass is 265 g/mol. The zero-order valence-electron chi connectivity index (χ0n) is 9.68. The van der Waals surface area contributed by atoms with Crippen molar-refractivity contribution in [1.82, 2.24) is 19.7 Å². The predicted octanol–water partition coefficient (Wildman–Crippen LogP) is 1.52. The highest BCUT2D eigenvalue weighted by atomic mass is 19.1. The Labute approximate surface area is 105 Å². The van der Waals surface area contributed by atoms with Gasteiger partial charge in [0, 0.05) is 25.1 Å². The second-order valence-electron chi connectivity index (χ2n) is 3.96. The lowest BCUT2D eigenvalue weighted by molar-refractivity contribution is 0.372. The van der Waals surface area contributed by atoms with Gasteiger partial charge in [0.15, 0.2) is 12.1 Å². The van der Waals surface area contributed by atoms with E-state index >= 15 is 0 Å². The van der Waals surface area contributed by atoms with E-state index in [1.54, 1.807) is 0 Å². The molecule has 0 unspecified atom stereocenters. The van der Waals surface area contributed by atoms with Crippen molar-refractivity contribution in [2.24, 2.45) is 0 Å². The summed E-state index contributed by atoms with van der Waals surface area (Å²) in [6, 6.07) is 1.96. The van der Waals surface area contributed by atoms with Crippen LogP contribution in [0.15, 0.2) is 23.0 Å². The Morgan fingerprint density at radius 3 is 2.89 bits per heavy atom. The number of fused-ring (bicyclic) bond motifs is 1. The maximum Gasteiger partial charge on any atom is 0.228 e. The Balaban J connectivity index is 2.00. The van der Waals surface area contributed by atoms with Crippen molar-refractivity contribution in [2.75, 3.05) is 5.73 Å². The van der Waals surface area contributed by atoms with E-state index < -0.39 is 11.6 Å². The van der Waals surface area contributed by atoms with Crippen molar-refractivity contribution in [2.45, 2.75) is 13.0 Å². The van der Waals surface area contributed by atoms with Gasteiger partial charge in [0.1, 0.15) is 11.3 Å². The molecule has 3 aromatic rings. The minimum absolute atomic E-state index is 0.0458. The highest BCUT2D eigenvalue weighted by Gasteiger charge is 2.14. The van der Waals surface area contributed by atoms with Crippen molar-refractivity contribution in [1.29, 1.82) is 0 Å². The number of anilines is 1. The highest BCUT2D eigenvalue weighted by Crippen LogP contribution is 2.22. The average molecular weight is 265 g/mol. The zero-order chi connectivity index (χ0) is 13.4. The van der Waals surface area contributed by atoms with Crippen LogP contribution in [0.25, 0.3) is 11.0 Å². The first-order valence-corrected chi connectivity index (χ1v) is 5.51. The zero-order valence-corrected chi connectivity index (χ0v) is 9.68. The maximum absolute atomic E-state index is 13.5. The third-order valence-corrected chi connectivity index (χ3v) is 2.76. The third kappa shape index (κ3) is 2.01. The molecule has 0 radical (unpaired) electrons. The van der Waals surface area contributed by atoms with Gasteiger partial charge >= 0.3 is 0 Å². The topological polar surface area (TPSA) is 82.8 Å². The first-order chi connectivity index (χ1) is 9.15. The molecule has 0 fully saturated rings. The van der Waals surface area contributed by atoms with Gasteiger partial charge in [0.05, 0.1) is 5.52 Å². The van der Waals surface area contributed by atoms with E-state index in [4.69, 9.17) is 10.3 Å². The largest absolute Gasteiger partial charge is 0.369 e. The Morgan fingerprint density at radius 2 is 2.16 bits per heavy atom. The number of benzene rings is 1. The number of aromatic nitrogens is 4. The summed E-state index contributed by atoms with van der Waals surface area (Å²) >= 11 is 0. The summed E-state index contributed by atoms with van der Waals surface area (Å²) in [4.78, 5) is 7.75. The lowest BCUT2D eigenvalue weighted by Crippen LogP contribution is -2.06. The van der Waals surface area contributed by atoms with E-state index in [1.165, 1.54) is 17.0 Å². The van der Waals surface area contributed by atoms with Gasteiger partial charge in [-0.25, -0.2) is 13.8 Å². The fourth-order valence-electron chi connectivity index (χ4n) is 1.92. The molecule has 0 amide bonds. The van der Waals surface area contributed by atoms with Crippen LogP contribution in [-0.2, 0) is 13.0 Å². The Morgan fingerprint density at radius 1 is 1.32 bits per heavy atom. The smallest absolute Gasteiger partial charge is 0.228 e. The molecule has 2 aromatic heterocycles. The Hall–Kier alpha value is -2.51. The molecule has 19 heavy (non-hydrogen) atoms. The van der Waals surface area contributed by atoms with Gasteiger partial charge < -0.3 is 14.8 Å². The fourth-order valence-corrected chi connectivity index (χ4v) is 1.92.